The lowest BCUT2D eigenvalue weighted by Gasteiger charge is -2.31. The number of pyridine rings is 2. The Morgan fingerprint density at radius 2 is 1.12 bits per heavy atom. The Morgan fingerprint density at radius 1 is 0.702 bits per heavy atom. The fourth-order valence-electron chi connectivity index (χ4n) is 6.47. The number of ether oxygens (including phenoxy) is 2. The summed E-state index contributed by atoms with van der Waals surface area (Å²) in [5, 5.41) is 14.9. The van der Waals surface area contributed by atoms with Crippen LogP contribution in [0.1, 0.15) is 104 Å². The van der Waals surface area contributed by atoms with E-state index >= 15 is 0 Å². The number of carbonyl (C=O) groups excluding carboxylic acids is 3. The molecule has 320 valence electrons. The van der Waals surface area contributed by atoms with Gasteiger partial charge in [0.05, 0.1) is 19.0 Å². The van der Waals surface area contributed by atoms with Crippen LogP contribution in [0.25, 0.3) is 0 Å². The van der Waals surface area contributed by atoms with Crippen molar-refractivity contribution in [2.45, 2.75) is 117 Å². The number of Topliss-reactive ketones (excluding diaryl/α,β-unsaturated/α-hetero) is 1. The topological polar surface area (TPSA) is 189 Å². The zero-order valence-corrected chi connectivity index (χ0v) is 35.9. The third-order valence-electron chi connectivity index (χ3n) is 9.39. The minimum absolute atomic E-state index is 0.139. The normalized spacial score (nSPS) is 15.6. The number of carbonyl (C=O) groups is 4. The van der Waals surface area contributed by atoms with E-state index in [4.69, 9.17) is 20.3 Å². The third-order valence-corrected chi connectivity index (χ3v) is 9.39. The largest absolute Gasteiger partial charge is 0.481 e. The van der Waals surface area contributed by atoms with Crippen LogP contribution in [0.4, 0.5) is 11.6 Å². The van der Waals surface area contributed by atoms with Gasteiger partial charge in [-0.1, -0.05) is 12.1 Å². The molecule has 2 aliphatic rings. The van der Waals surface area contributed by atoms with Crippen LogP contribution in [0, 0.1) is 11.8 Å². The van der Waals surface area contributed by atoms with Gasteiger partial charge < -0.3 is 30.9 Å². The number of esters is 2. The maximum absolute atomic E-state index is 12.5. The number of aryl methyl sites for hydroxylation is 2. The first-order valence-corrected chi connectivity index (χ1v) is 20.5. The molecule has 0 saturated carbocycles. The van der Waals surface area contributed by atoms with Crippen molar-refractivity contribution in [1.29, 1.82) is 0 Å². The smallest absolute Gasteiger partial charge is 0.320 e. The molecule has 0 bridgehead atoms. The second-order valence-corrected chi connectivity index (χ2v) is 16.7. The summed E-state index contributed by atoms with van der Waals surface area (Å²) in [6.07, 6.45) is 8.29. The summed E-state index contributed by atoms with van der Waals surface area (Å²) in [6, 6.07) is 12.0. The number of hydrogen-bond acceptors (Lipinski definition) is 13. The number of carboxylic acids is 1. The van der Waals surface area contributed by atoms with Gasteiger partial charge in [-0.05, 0) is 156 Å². The maximum atomic E-state index is 12.5. The lowest BCUT2D eigenvalue weighted by atomic mass is 9.90. The minimum atomic E-state index is -0.734. The molecule has 0 aliphatic carbocycles. The molecule has 4 heterocycles. The molecule has 0 aromatic carbocycles. The van der Waals surface area contributed by atoms with Gasteiger partial charge in [0, 0.05) is 37.8 Å². The lowest BCUT2D eigenvalue weighted by Crippen LogP contribution is -2.41. The second kappa shape index (κ2) is 25.3. The van der Waals surface area contributed by atoms with Gasteiger partial charge in [-0.2, -0.15) is 0 Å². The van der Waals surface area contributed by atoms with Crippen molar-refractivity contribution in [2.75, 3.05) is 70.5 Å². The molecule has 14 heteroatoms. The molecule has 57 heavy (non-hydrogen) atoms. The molecule has 0 spiro atoms. The molecule has 14 nitrogen and oxygen atoms in total. The fraction of sp³-hybridized carbons (Fsp3) is 0.674. The first kappa shape index (κ1) is 49.0. The third kappa shape index (κ3) is 21.8. The molecule has 2 aromatic heterocycles. The highest BCUT2D eigenvalue weighted by molar-refractivity contribution is 5.81. The molecule has 2 aromatic rings. The maximum Gasteiger partial charge on any atom is 0.320 e. The Kier molecular flexibility index (Phi) is 21.7. The highest BCUT2D eigenvalue weighted by Gasteiger charge is 2.28. The Balaban J connectivity index is 0.000000327. The van der Waals surface area contributed by atoms with E-state index in [1.165, 1.54) is 0 Å². The van der Waals surface area contributed by atoms with Crippen molar-refractivity contribution in [3.63, 3.8) is 0 Å². The van der Waals surface area contributed by atoms with E-state index in [-0.39, 0.29) is 30.3 Å². The molecule has 4 rings (SSSR count). The van der Waals surface area contributed by atoms with Crippen LogP contribution in [0.15, 0.2) is 36.4 Å². The summed E-state index contributed by atoms with van der Waals surface area (Å²) in [5.41, 5.74) is 6.66. The van der Waals surface area contributed by atoms with Crippen LogP contribution in [-0.4, -0.2) is 120 Å². The van der Waals surface area contributed by atoms with E-state index in [1.54, 1.807) is 0 Å². The fourth-order valence-corrected chi connectivity index (χ4v) is 6.47. The highest BCUT2D eigenvalue weighted by atomic mass is 16.6. The van der Waals surface area contributed by atoms with Crippen molar-refractivity contribution in [2.24, 2.45) is 17.6 Å². The average molecular weight is 798 g/mol. The second-order valence-electron chi connectivity index (χ2n) is 16.7. The average Bonchev–Trinajstić information content (AvgIpc) is 3.15. The number of unbranched alkanes of at least 4 members (excludes halogenated alkanes) is 1. The predicted molar refractivity (Wildman–Crippen MR) is 225 cm³/mol. The van der Waals surface area contributed by atoms with Gasteiger partial charge in [0.2, 0.25) is 0 Å². The van der Waals surface area contributed by atoms with Gasteiger partial charge in [-0.3, -0.25) is 29.0 Å². The molecule has 0 unspecified atom stereocenters. The molecule has 2 fully saturated rings. The van der Waals surface area contributed by atoms with Crippen LogP contribution in [-0.2, 0) is 41.5 Å². The summed E-state index contributed by atoms with van der Waals surface area (Å²) in [6.45, 7) is 15.3. The number of aliphatic carboxylic acids is 1. The first-order chi connectivity index (χ1) is 26.9. The quantitative estimate of drug-likeness (QED) is 0.121. The Hall–Kier alpha value is -4.14. The van der Waals surface area contributed by atoms with Gasteiger partial charge in [0.15, 0.2) is 0 Å². The number of nitrogens with two attached hydrogens (primary N) is 1. The van der Waals surface area contributed by atoms with E-state index in [9.17, 15) is 19.2 Å². The molecule has 0 amide bonds. The van der Waals surface area contributed by atoms with Gasteiger partial charge >= 0.3 is 17.9 Å². The number of likely N-dealkylation sites (tertiary alicyclic amines) is 2. The van der Waals surface area contributed by atoms with Gasteiger partial charge in [-0.25, -0.2) is 9.97 Å². The molecular formula is C43H71N7O7. The number of hydrogen-bond donors (Lipinski definition) is 4. The number of nitrogens with zero attached hydrogens (tertiary/aromatic N) is 4. The Morgan fingerprint density at radius 3 is 1.51 bits per heavy atom. The number of carboxylic acid groups (broad SMARTS) is 1. The molecule has 0 atom stereocenters. The molecule has 5 N–H and O–H groups in total. The zero-order chi connectivity index (χ0) is 42.4. The van der Waals surface area contributed by atoms with Crippen LogP contribution in [0.3, 0.4) is 0 Å². The number of anilines is 2. The van der Waals surface area contributed by atoms with Crippen molar-refractivity contribution in [1.82, 2.24) is 19.8 Å². The number of rotatable bonds is 16. The Labute approximate surface area is 341 Å². The van der Waals surface area contributed by atoms with Crippen LogP contribution in [0.2, 0.25) is 0 Å². The van der Waals surface area contributed by atoms with E-state index in [2.05, 4.69) is 25.5 Å². The standard InChI is InChI=1S/C22H35N3O3.C12H21NO4.C9H15N3/c1-22(2,3)28-21(27)16-25-14-12-17(13-15-25)19(26)10-6-5-8-18-9-7-11-20(23-4)24-18;1-12(2,3)17-10(14)8-13-6-4-9(5-7-13)11(15)16;1-11-9-6-2-4-8(12-9)5-3-7-10/h7,9,11,17H,5-6,8,10,12-16H2,1-4H3,(H,23,24);9H,4-8H2,1-3H3,(H,15,16);2,4,6H,3,5,7,10H2,1H3,(H,11,12). The van der Waals surface area contributed by atoms with E-state index in [0.29, 0.717) is 44.7 Å². The van der Waals surface area contributed by atoms with E-state index in [0.717, 1.165) is 87.6 Å². The van der Waals surface area contributed by atoms with Crippen molar-refractivity contribution >= 4 is 35.3 Å². The summed E-state index contributed by atoms with van der Waals surface area (Å²) in [7, 11) is 3.73. The summed E-state index contributed by atoms with van der Waals surface area (Å²) >= 11 is 0. The number of ketones is 1. The molecular weight excluding hydrogens is 727 g/mol. The SMILES string of the molecule is CC(C)(C)OC(=O)CN1CCC(C(=O)O)CC1.CNc1cccc(CCCCC(=O)C2CCN(CC(=O)OC(C)(C)C)CC2)n1.CNc1cccc(CCCN)n1. The molecule has 0 radical (unpaired) electrons. The summed E-state index contributed by atoms with van der Waals surface area (Å²) < 4.78 is 10.6. The summed E-state index contributed by atoms with van der Waals surface area (Å²) in [4.78, 5) is 59.7. The number of aromatic nitrogens is 2. The lowest BCUT2D eigenvalue weighted by molar-refractivity contribution is -0.157. The van der Waals surface area contributed by atoms with Gasteiger partial charge in [0.1, 0.15) is 28.6 Å². The van der Waals surface area contributed by atoms with Crippen LogP contribution in [0.5, 0.6) is 0 Å². The first-order valence-electron chi connectivity index (χ1n) is 20.5. The van der Waals surface area contributed by atoms with Gasteiger partial charge in [0.25, 0.3) is 0 Å². The van der Waals surface area contributed by atoms with Crippen LogP contribution < -0.4 is 16.4 Å². The Bertz CT molecular complexity index is 1510. The monoisotopic (exact) mass is 798 g/mol. The van der Waals surface area contributed by atoms with E-state index < -0.39 is 17.2 Å². The molecule has 2 saturated heterocycles. The van der Waals surface area contributed by atoms with Crippen molar-refractivity contribution in [3.8, 4) is 0 Å². The summed E-state index contributed by atoms with van der Waals surface area (Å²) in [5.74, 6) is 0.886. The molecule has 2 aliphatic heterocycles. The number of nitrogens with one attached hydrogen (secondary N) is 2. The highest BCUT2D eigenvalue weighted by Crippen LogP contribution is 2.22. The van der Waals surface area contributed by atoms with Crippen molar-refractivity contribution in [3.05, 3.63) is 47.8 Å². The predicted octanol–water partition coefficient (Wildman–Crippen LogP) is 5.60. The van der Waals surface area contributed by atoms with Crippen molar-refractivity contribution < 1.29 is 33.8 Å². The zero-order valence-electron chi connectivity index (χ0n) is 35.9. The number of piperidine rings is 2. The minimum Gasteiger partial charge on any atom is -0.481 e. The van der Waals surface area contributed by atoms with Gasteiger partial charge in [-0.15, -0.1) is 0 Å². The van der Waals surface area contributed by atoms with Crippen LogP contribution >= 0.6 is 0 Å². The van der Waals surface area contributed by atoms with E-state index in [1.807, 2.05) is 96.9 Å².